The lowest BCUT2D eigenvalue weighted by Crippen LogP contribution is -2.37. The van der Waals surface area contributed by atoms with Crippen LogP contribution < -0.4 is 5.73 Å². The molecule has 0 spiro atoms. The average molecular weight is 227 g/mol. The Labute approximate surface area is 87.2 Å². The summed E-state index contributed by atoms with van der Waals surface area (Å²) < 4.78 is 22.1. The lowest BCUT2D eigenvalue weighted by Gasteiger charge is -2.14. The largest absolute Gasteiger partial charge is 0.480 e. The van der Waals surface area contributed by atoms with Crippen LogP contribution in [0.25, 0.3) is 0 Å². The number of carboxylic acids is 1. The average Bonchev–Trinajstić information content (AvgIpc) is 2.47. The Bertz CT molecular complexity index is 481. The number of carbonyl (C=O) groups is 1. The second-order valence-electron chi connectivity index (χ2n) is 3.02. The van der Waals surface area contributed by atoms with Gasteiger partial charge in [0.2, 0.25) is 0 Å². The Morgan fingerprint density at radius 2 is 2.20 bits per heavy atom. The molecule has 3 N–H and O–H groups in total. The summed E-state index contributed by atoms with van der Waals surface area (Å²) in [5, 5.41) is 10.5. The Balaban J connectivity index is 3.04. The van der Waals surface area contributed by atoms with E-state index < -0.39 is 27.8 Å². The molecule has 0 bridgehead atoms. The summed E-state index contributed by atoms with van der Waals surface area (Å²) in [4.78, 5) is 10.6. The third-order valence-corrected chi connectivity index (χ3v) is 3.05. The number of sulfone groups is 1. The van der Waals surface area contributed by atoms with Crippen LogP contribution >= 0.6 is 0 Å². The van der Waals surface area contributed by atoms with Gasteiger partial charge >= 0.3 is 5.97 Å². The van der Waals surface area contributed by atoms with Crippen molar-refractivity contribution in [3.8, 4) is 12.3 Å². The summed E-state index contributed by atoms with van der Waals surface area (Å²) in [6.45, 7) is 0. The number of hydrogen-bond donors (Lipinski definition) is 2. The highest BCUT2D eigenvalue weighted by Crippen LogP contribution is 2.22. The molecule has 2 atom stereocenters. The molecule has 0 aromatic rings. The second kappa shape index (κ2) is 3.88. The van der Waals surface area contributed by atoms with Crippen molar-refractivity contribution in [2.75, 3.05) is 0 Å². The first-order chi connectivity index (χ1) is 6.87. The molecule has 0 unspecified atom stereocenters. The lowest BCUT2D eigenvalue weighted by molar-refractivity contribution is -0.139. The summed E-state index contributed by atoms with van der Waals surface area (Å²) in [6.07, 6.45) is 6.38. The van der Waals surface area contributed by atoms with Gasteiger partial charge < -0.3 is 10.8 Å². The van der Waals surface area contributed by atoms with E-state index >= 15 is 0 Å². The first-order valence-corrected chi connectivity index (χ1v) is 5.57. The van der Waals surface area contributed by atoms with Crippen molar-refractivity contribution in [1.82, 2.24) is 0 Å². The van der Waals surface area contributed by atoms with Gasteiger partial charge in [0.25, 0.3) is 0 Å². The standard InChI is InChI=1S/C9H9NO4S/c1-2-7(8(10)9(11)12)6-3-4-15(13,14)5-6/h1,3-5,7-8H,10H2,(H,11,12)/t7-,8-/m0/s1. The molecule has 0 aliphatic carbocycles. The van der Waals surface area contributed by atoms with E-state index in [2.05, 4.69) is 5.92 Å². The van der Waals surface area contributed by atoms with Gasteiger partial charge in [0, 0.05) is 10.8 Å². The fraction of sp³-hybridized carbons (Fsp3) is 0.222. The molecule has 1 rings (SSSR count). The van der Waals surface area contributed by atoms with Crippen LogP contribution in [0.4, 0.5) is 0 Å². The molecule has 0 aromatic carbocycles. The highest BCUT2D eigenvalue weighted by Gasteiger charge is 2.28. The minimum Gasteiger partial charge on any atom is -0.480 e. The first kappa shape index (κ1) is 11.5. The van der Waals surface area contributed by atoms with Gasteiger partial charge in [0.15, 0.2) is 9.84 Å². The molecule has 6 heteroatoms. The normalized spacial score (nSPS) is 21.5. The molecule has 15 heavy (non-hydrogen) atoms. The van der Waals surface area contributed by atoms with Crippen molar-refractivity contribution < 1.29 is 18.3 Å². The summed E-state index contributed by atoms with van der Waals surface area (Å²) in [6, 6.07) is -1.31. The Morgan fingerprint density at radius 3 is 2.53 bits per heavy atom. The third-order valence-electron chi connectivity index (χ3n) is 1.93. The van der Waals surface area contributed by atoms with Crippen LogP contribution in [0, 0.1) is 18.3 Å². The van der Waals surface area contributed by atoms with Gasteiger partial charge in [-0.3, -0.25) is 4.79 Å². The van der Waals surface area contributed by atoms with Crippen LogP contribution in [0.2, 0.25) is 0 Å². The Hall–Kier alpha value is -1.58. The highest BCUT2D eigenvalue weighted by molar-refractivity contribution is 7.97. The molecule has 0 amide bonds. The summed E-state index contributed by atoms with van der Waals surface area (Å²) >= 11 is 0. The maximum atomic E-state index is 11.0. The monoisotopic (exact) mass is 227 g/mol. The number of carboxylic acid groups (broad SMARTS) is 1. The smallest absolute Gasteiger partial charge is 0.322 e. The number of allylic oxidation sites excluding steroid dienone is 1. The predicted octanol–water partition coefficient (Wildman–Crippen LogP) is -0.526. The molecule has 1 aliphatic rings. The second-order valence-corrected chi connectivity index (χ2v) is 4.70. The van der Waals surface area contributed by atoms with Gasteiger partial charge in [-0.25, -0.2) is 8.42 Å². The van der Waals surface area contributed by atoms with Gasteiger partial charge in [-0.15, -0.1) is 6.42 Å². The summed E-state index contributed by atoms with van der Waals surface area (Å²) in [5.74, 6) is -0.0283. The van der Waals surface area contributed by atoms with Crippen molar-refractivity contribution in [3.63, 3.8) is 0 Å². The van der Waals surface area contributed by atoms with Gasteiger partial charge in [0.05, 0.1) is 5.92 Å². The maximum absolute atomic E-state index is 11.0. The zero-order chi connectivity index (χ0) is 11.6. The van der Waals surface area contributed by atoms with Crippen LogP contribution in [0.5, 0.6) is 0 Å². The molecule has 0 saturated heterocycles. The lowest BCUT2D eigenvalue weighted by atomic mass is 9.94. The van der Waals surface area contributed by atoms with Crippen molar-refractivity contribution >= 4 is 15.8 Å². The fourth-order valence-electron chi connectivity index (χ4n) is 1.17. The van der Waals surface area contributed by atoms with E-state index in [4.69, 9.17) is 17.3 Å². The molecular formula is C9H9NO4S. The van der Waals surface area contributed by atoms with E-state index in [1.807, 2.05) is 0 Å². The molecule has 5 nitrogen and oxygen atoms in total. The molecule has 0 aromatic heterocycles. The van der Waals surface area contributed by atoms with Crippen LogP contribution in [0.3, 0.4) is 0 Å². The molecule has 0 radical (unpaired) electrons. The van der Waals surface area contributed by atoms with Gasteiger partial charge in [-0.1, -0.05) is 5.92 Å². The van der Waals surface area contributed by atoms with Crippen molar-refractivity contribution in [2.45, 2.75) is 6.04 Å². The minimum atomic E-state index is -3.40. The zero-order valence-electron chi connectivity index (χ0n) is 7.62. The Morgan fingerprint density at radius 1 is 1.60 bits per heavy atom. The maximum Gasteiger partial charge on any atom is 0.322 e. The first-order valence-electron chi connectivity index (χ1n) is 3.96. The summed E-state index contributed by atoms with van der Waals surface area (Å²) in [7, 11) is -3.40. The Kier molecular flexibility index (Phi) is 2.98. The van der Waals surface area contributed by atoms with Gasteiger partial charge in [-0.05, 0) is 11.6 Å². The topological polar surface area (TPSA) is 97.5 Å². The van der Waals surface area contributed by atoms with Crippen LogP contribution in [0.15, 0.2) is 22.5 Å². The number of hydrogen-bond acceptors (Lipinski definition) is 4. The van der Waals surface area contributed by atoms with E-state index in [0.717, 1.165) is 10.8 Å². The van der Waals surface area contributed by atoms with E-state index in [9.17, 15) is 13.2 Å². The van der Waals surface area contributed by atoms with Crippen LogP contribution in [-0.2, 0) is 14.6 Å². The predicted molar refractivity (Wildman–Crippen MR) is 54.1 cm³/mol. The molecule has 1 heterocycles. The van der Waals surface area contributed by atoms with Crippen molar-refractivity contribution in [2.24, 2.45) is 11.7 Å². The fourth-order valence-corrected chi connectivity index (χ4v) is 2.20. The van der Waals surface area contributed by atoms with Crippen molar-refractivity contribution in [1.29, 1.82) is 0 Å². The molecule has 1 aliphatic heterocycles. The van der Waals surface area contributed by atoms with Crippen LogP contribution in [0.1, 0.15) is 0 Å². The van der Waals surface area contributed by atoms with Crippen LogP contribution in [-0.4, -0.2) is 25.5 Å². The third kappa shape index (κ3) is 2.46. The molecular weight excluding hydrogens is 218 g/mol. The molecule has 80 valence electrons. The van der Waals surface area contributed by atoms with Crippen molar-refractivity contribution in [3.05, 3.63) is 22.5 Å². The number of aliphatic carboxylic acids is 1. The summed E-state index contributed by atoms with van der Waals surface area (Å²) in [5.41, 5.74) is 5.56. The van der Waals surface area contributed by atoms with Gasteiger partial charge in [-0.2, -0.15) is 0 Å². The van der Waals surface area contributed by atoms with E-state index in [1.54, 1.807) is 0 Å². The van der Waals surface area contributed by atoms with E-state index in [0.29, 0.717) is 0 Å². The van der Waals surface area contributed by atoms with Gasteiger partial charge in [0.1, 0.15) is 6.04 Å². The molecule has 0 saturated carbocycles. The number of nitrogens with two attached hydrogens (primary N) is 1. The quantitative estimate of drug-likeness (QED) is 0.632. The number of terminal acetylenes is 1. The molecule has 0 fully saturated rings. The van der Waals surface area contributed by atoms with E-state index in [-0.39, 0.29) is 5.57 Å². The minimum absolute atomic E-state index is 0.229. The SMILES string of the molecule is C#C[C@@H](C1=CS(=O)(=O)C=C1)[C@H](N)C(=O)O. The van der Waals surface area contributed by atoms with E-state index in [1.165, 1.54) is 6.08 Å². The number of rotatable bonds is 3. The highest BCUT2D eigenvalue weighted by atomic mass is 32.2. The zero-order valence-corrected chi connectivity index (χ0v) is 8.44.